The summed E-state index contributed by atoms with van der Waals surface area (Å²) in [5.74, 6) is -3.62. The van der Waals surface area contributed by atoms with Crippen LogP contribution in [0.2, 0.25) is 0 Å². The molecule has 5 aromatic rings. The summed E-state index contributed by atoms with van der Waals surface area (Å²) in [5, 5.41) is 2.63. The number of ketones is 1. The third-order valence-corrected chi connectivity index (χ3v) is 13.6. The van der Waals surface area contributed by atoms with E-state index in [0.717, 1.165) is 59.4 Å². The molecule has 0 spiro atoms. The number of hydrogen-bond acceptors (Lipinski definition) is 11. The number of fused-ring (bicyclic) bond motifs is 2. The Hall–Kier alpha value is -6.51. The molecular weight excluding hydrogens is 858 g/mol. The number of aromatic nitrogens is 2. The van der Waals surface area contributed by atoms with Gasteiger partial charge in [-0.1, -0.05) is 12.1 Å². The Labute approximate surface area is 365 Å². The van der Waals surface area contributed by atoms with Crippen molar-refractivity contribution in [1.82, 2.24) is 29.4 Å². The third kappa shape index (κ3) is 8.23. The number of halogens is 3. The second-order valence-corrected chi connectivity index (χ2v) is 17.7. The van der Waals surface area contributed by atoms with Crippen molar-refractivity contribution in [3.63, 3.8) is 0 Å². The molecule has 2 aromatic heterocycles. The summed E-state index contributed by atoms with van der Waals surface area (Å²) in [6.07, 6.45) is 1.97. The molecule has 3 N–H and O–H groups in total. The van der Waals surface area contributed by atoms with Crippen molar-refractivity contribution in [1.29, 1.82) is 0 Å². The summed E-state index contributed by atoms with van der Waals surface area (Å²) in [4.78, 5) is 64.6. The molecule has 3 aromatic carbocycles. The monoisotopic (exact) mass is 900 g/mol. The Morgan fingerprint density at radius 1 is 0.969 bits per heavy atom. The molecule has 6 heterocycles. The number of nitrogens with one attached hydrogen (secondary N) is 3. The Bertz CT molecular complexity index is 2800. The minimum atomic E-state index is -4.37. The summed E-state index contributed by atoms with van der Waals surface area (Å²) < 4.78 is 84.6. The highest BCUT2D eigenvalue weighted by Crippen LogP contribution is 2.38. The smallest absolute Gasteiger partial charge is 0.301 e. The number of piperidine rings is 1. The molecule has 64 heavy (non-hydrogen) atoms. The fraction of sp³-hybridized carbons (Fsp3) is 0.341. The van der Waals surface area contributed by atoms with E-state index in [1.807, 2.05) is 29.0 Å². The third-order valence-electron chi connectivity index (χ3n) is 12.2. The van der Waals surface area contributed by atoms with Crippen LogP contribution in [-0.4, -0.2) is 128 Å². The first-order valence-corrected chi connectivity index (χ1v) is 22.2. The number of alkyl halides is 1. The second kappa shape index (κ2) is 17.2. The lowest BCUT2D eigenvalue weighted by Crippen LogP contribution is -2.52. The van der Waals surface area contributed by atoms with Gasteiger partial charge in [0.05, 0.1) is 23.9 Å². The number of imide groups is 1. The van der Waals surface area contributed by atoms with Gasteiger partial charge in [-0.3, -0.25) is 34.1 Å². The topological polar surface area (TPSA) is 187 Å². The van der Waals surface area contributed by atoms with Crippen molar-refractivity contribution in [3.05, 3.63) is 101 Å². The number of pyridine rings is 1. The Morgan fingerprint density at radius 2 is 1.75 bits per heavy atom. The van der Waals surface area contributed by atoms with Crippen LogP contribution in [0.5, 0.6) is 11.5 Å². The maximum Gasteiger partial charge on any atom is 0.301 e. The number of piperazine rings is 1. The van der Waals surface area contributed by atoms with Crippen molar-refractivity contribution in [2.24, 2.45) is 0 Å². The Morgan fingerprint density at radius 3 is 2.47 bits per heavy atom. The first-order valence-electron chi connectivity index (χ1n) is 20.8. The van der Waals surface area contributed by atoms with Crippen molar-refractivity contribution >= 4 is 56.1 Å². The molecule has 0 bridgehead atoms. The standard InChI is InChI=1S/C44H43F3N8O8S/c1-62-36-20-29(18-27-23-55(44(59)38(27)36)35-8-9-37(56)50-43(35)58)53-14-12-52(13-15-53)16-17-63-30-4-2-25(3-5-30)26-19-31-32(22-49-42(31)48-21-26)41(57)39-33(46)6-7-34(40(39)47)51-64(60,61)54-11-10-28(45)24-54/h2-7,18-22,28,35,51H,8-17,23-24H2,1H3,(H,48,49)(H,50,56,58)/t28-,35?/m1/s1. The maximum absolute atomic E-state index is 15.7. The summed E-state index contributed by atoms with van der Waals surface area (Å²) in [7, 11) is -2.85. The number of aromatic amines is 1. The lowest BCUT2D eigenvalue weighted by atomic mass is 10.00. The second-order valence-electron chi connectivity index (χ2n) is 16.1. The molecule has 4 aliphatic heterocycles. The van der Waals surface area contributed by atoms with Gasteiger partial charge in [-0.15, -0.1) is 0 Å². The van der Waals surface area contributed by atoms with Crippen LogP contribution in [0.4, 0.5) is 24.5 Å². The number of hydrogen-bond donors (Lipinski definition) is 3. The molecule has 0 aliphatic carbocycles. The minimum Gasteiger partial charge on any atom is -0.496 e. The normalized spacial score (nSPS) is 19.6. The molecule has 0 saturated carbocycles. The van der Waals surface area contributed by atoms with E-state index in [1.165, 1.54) is 18.2 Å². The largest absolute Gasteiger partial charge is 0.496 e. The molecule has 3 fully saturated rings. The Kier molecular flexibility index (Phi) is 11.5. The van der Waals surface area contributed by atoms with Crippen LogP contribution in [0.25, 0.3) is 22.2 Å². The van der Waals surface area contributed by atoms with E-state index in [4.69, 9.17) is 9.47 Å². The van der Waals surface area contributed by atoms with Gasteiger partial charge in [0.15, 0.2) is 5.82 Å². The molecule has 9 rings (SSSR count). The van der Waals surface area contributed by atoms with E-state index in [0.29, 0.717) is 46.8 Å². The number of nitrogens with zero attached hydrogens (tertiary/aromatic N) is 5. The quantitative estimate of drug-likeness (QED) is 0.112. The number of carbonyl (C=O) groups is 4. The van der Waals surface area contributed by atoms with Crippen molar-refractivity contribution in [2.75, 3.05) is 69.2 Å². The molecule has 4 aliphatic rings. The molecule has 0 radical (unpaired) electrons. The first kappa shape index (κ1) is 42.8. The van der Waals surface area contributed by atoms with Gasteiger partial charge >= 0.3 is 10.2 Å². The highest BCUT2D eigenvalue weighted by atomic mass is 32.2. The van der Waals surface area contributed by atoms with Crippen LogP contribution in [0.1, 0.15) is 51.1 Å². The molecule has 16 nitrogen and oxygen atoms in total. The predicted octanol–water partition coefficient (Wildman–Crippen LogP) is 4.41. The maximum atomic E-state index is 15.7. The van der Waals surface area contributed by atoms with Crippen molar-refractivity contribution < 1.29 is 50.2 Å². The number of methoxy groups -OCH3 is 1. The van der Waals surface area contributed by atoms with Crippen LogP contribution in [0.15, 0.2) is 67.0 Å². The van der Waals surface area contributed by atoms with Gasteiger partial charge in [-0.2, -0.15) is 12.7 Å². The number of benzene rings is 3. The average molecular weight is 901 g/mol. The van der Waals surface area contributed by atoms with Gasteiger partial charge in [0.2, 0.25) is 17.6 Å². The van der Waals surface area contributed by atoms with Gasteiger partial charge < -0.3 is 24.3 Å². The van der Waals surface area contributed by atoms with E-state index >= 15 is 8.78 Å². The molecule has 1 unspecified atom stereocenters. The van der Waals surface area contributed by atoms with Gasteiger partial charge in [0.1, 0.15) is 41.8 Å². The number of H-pyrrole nitrogens is 1. The van der Waals surface area contributed by atoms with Crippen LogP contribution >= 0.6 is 0 Å². The SMILES string of the molecule is COc1cc(N2CCN(CCOc3ccc(-c4cnc5[nH]cc(C(=O)c6c(F)ccc(NS(=O)(=O)N7CC[C@@H](F)C7)c6F)c5c4)cc3)CC2)cc2c1C(=O)N(C1CCC(=O)NC1=O)C2. The van der Waals surface area contributed by atoms with Crippen LogP contribution in [0, 0.1) is 11.6 Å². The zero-order valence-electron chi connectivity index (χ0n) is 34.5. The number of rotatable bonds is 13. The van der Waals surface area contributed by atoms with Crippen molar-refractivity contribution in [3.8, 4) is 22.6 Å². The Balaban J connectivity index is 0.802. The minimum absolute atomic E-state index is 0.00681. The summed E-state index contributed by atoms with van der Waals surface area (Å²) >= 11 is 0. The lowest BCUT2D eigenvalue weighted by Gasteiger charge is -2.36. The first-order chi connectivity index (χ1) is 30.8. The number of ether oxygens (including phenoxy) is 2. The number of carbonyl (C=O) groups excluding carboxylic acids is 4. The van der Waals surface area contributed by atoms with Crippen LogP contribution in [-0.2, 0) is 26.3 Å². The van der Waals surface area contributed by atoms with Crippen molar-refractivity contribution in [2.45, 2.75) is 38.0 Å². The fourth-order valence-corrected chi connectivity index (χ4v) is 9.97. The average Bonchev–Trinajstić information content (AvgIpc) is 4.02. The van der Waals surface area contributed by atoms with Gasteiger partial charge in [-0.25, -0.2) is 18.2 Å². The summed E-state index contributed by atoms with van der Waals surface area (Å²) in [6.45, 7) is 3.86. The fourth-order valence-electron chi connectivity index (χ4n) is 8.70. The highest BCUT2D eigenvalue weighted by molar-refractivity contribution is 7.90. The molecule has 2 atom stereocenters. The lowest BCUT2D eigenvalue weighted by molar-refractivity contribution is -0.136. The van der Waals surface area contributed by atoms with Gasteiger partial charge in [0.25, 0.3) is 5.91 Å². The molecule has 3 amide bonds. The molecule has 3 saturated heterocycles. The van der Waals surface area contributed by atoms with E-state index in [2.05, 4.69) is 25.1 Å². The van der Waals surface area contributed by atoms with E-state index < -0.39 is 63.5 Å². The van der Waals surface area contributed by atoms with E-state index in [1.54, 1.807) is 24.4 Å². The number of anilines is 2. The highest BCUT2D eigenvalue weighted by Gasteiger charge is 2.41. The van der Waals surface area contributed by atoms with E-state index in [9.17, 15) is 32.0 Å². The van der Waals surface area contributed by atoms with E-state index in [-0.39, 0.29) is 49.7 Å². The predicted molar refractivity (Wildman–Crippen MR) is 228 cm³/mol. The zero-order chi connectivity index (χ0) is 44.9. The van der Waals surface area contributed by atoms with Crippen LogP contribution in [0.3, 0.4) is 0 Å². The summed E-state index contributed by atoms with van der Waals surface area (Å²) in [6, 6.07) is 13.7. The van der Waals surface area contributed by atoms with Crippen LogP contribution < -0.4 is 24.4 Å². The zero-order valence-corrected chi connectivity index (χ0v) is 35.4. The molecular formula is C44H43F3N8O8S. The molecule has 334 valence electrons. The van der Waals surface area contributed by atoms with Gasteiger partial charge in [0, 0.05) is 99.4 Å². The van der Waals surface area contributed by atoms with Gasteiger partial charge in [-0.05, 0) is 60.4 Å². The molecule has 20 heteroatoms. The summed E-state index contributed by atoms with van der Waals surface area (Å²) in [5.41, 5.74) is 2.11. The number of amides is 3.